The van der Waals surface area contributed by atoms with Crippen LogP contribution in [0, 0.1) is 5.82 Å². The Labute approximate surface area is 171 Å². The molecule has 1 aromatic heterocycles. The third-order valence-electron chi connectivity index (χ3n) is 4.19. The Morgan fingerprint density at radius 3 is 2.36 bits per heavy atom. The molecule has 1 heterocycles. The molecule has 0 aliphatic carbocycles. The molecule has 0 spiro atoms. The number of hydrogen-bond donors (Lipinski definition) is 0. The van der Waals surface area contributed by atoms with E-state index in [2.05, 4.69) is 10.2 Å². The van der Waals surface area contributed by atoms with Gasteiger partial charge >= 0.3 is 0 Å². The van der Waals surface area contributed by atoms with Gasteiger partial charge in [0, 0.05) is 22.1 Å². The van der Waals surface area contributed by atoms with Crippen molar-refractivity contribution in [1.29, 1.82) is 0 Å². The lowest BCUT2D eigenvalue weighted by Crippen LogP contribution is -2.01. The van der Waals surface area contributed by atoms with Gasteiger partial charge in [-0.1, -0.05) is 48.0 Å². The lowest BCUT2D eigenvalue weighted by atomic mass is 10.1. The molecule has 140 valence electrons. The van der Waals surface area contributed by atoms with Crippen LogP contribution in [0.25, 0.3) is 22.0 Å². The second kappa shape index (κ2) is 8.59. The monoisotopic (exact) mass is 410 g/mol. The molecule has 0 N–H and O–H groups in total. The minimum atomic E-state index is -0.272. The van der Waals surface area contributed by atoms with Crippen molar-refractivity contribution < 1.29 is 9.13 Å². The van der Waals surface area contributed by atoms with Crippen molar-refractivity contribution in [2.75, 3.05) is 12.4 Å². The van der Waals surface area contributed by atoms with Gasteiger partial charge in [0.05, 0.1) is 11.6 Å². The molecule has 6 heteroatoms. The number of halogens is 2. The normalized spacial score (nSPS) is 10.9. The lowest BCUT2D eigenvalue weighted by molar-refractivity contribution is 0.344. The van der Waals surface area contributed by atoms with Crippen molar-refractivity contribution in [3.8, 4) is 17.0 Å². The van der Waals surface area contributed by atoms with Crippen molar-refractivity contribution in [1.82, 2.24) is 10.2 Å². The first-order valence-electron chi connectivity index (χ1n) is 8.74. The summed E-state index contributed by atoms with van der Waals surface area (Å²) >= 11 is 7.69. The summed E-state index contributed by atoms with van der Waals surface area (Å²) in [4.78, 5) is 0. The Kier molecular flexibility index (Phi) is 5.74. The van der Waals surface area contributed by atoms with Gasteiger partial charge in [-0.3, -0.25) is 0 Å². The zero-order valence-corrected chi connectivity index (χ0v) is 16.4. The van der Waals surface area contributed by atoms with Gasteiger partial charge in [-0.2, -0.15) is 0 Å². The molecule has 28 heavy (non-hydrogen) atoms. The molecule has 0 unspecified atom stereocenters. The van der Waals surface area contributed by atoms with Crippen molar-refractivity contribution in [3.05, 3.63) is 83.6 Å². The highest BCUT2D eigenvalue weighted by Gasteiger charge is 2.11. The highest BCUT2D eigenvalue weighted by Crippen LogP contribution is 2.32. The minimum absolute atomic E-state index is 0.272. The van der Waals surface area contributed by atoms with Gasteiger partial charge in [0.25, 0.3) is 0 Å². The Morgan fingerprint density at radius 2 is 1.57 bits per heavy atom. The number of aromatic nitrogens is 2. The highest BCUT2D eigenvalue weighted by atomic mass is 35.5. The van der Waals surface area contributed by atoms with Crippen LogP contribution in [0.4, 0.5) is 4.39 Å². The number of para-hydroxylation sites is 1. The second-order valence-corrected chi connectivity index (χ2v) is 7.52. The number of hydrogen-bond acceptors (Lipinski definition) is 4. The predicted octanol–water partition coefficient (Wildman–Crippen LogP) is 6.26. The van der Waals surface area contributed by atoms with E-state index in [9.17, 15) is 4.39 Å². The fraction of sp³-hybridized carbons (Fsp3) is 0.0909. The summed E-state index contributed by atoms with van der Waals surface area (Å²) in [5.41, 5.74) is 1.58. The first-order chi connectivity index (χ1) is 13.7. The maximum atomic E-state index is 13.2. The number of ether oxygens (including phenoxy) is 1. The van der Waals surface area contributed by atoms with Crippen LogP contribution in [0.15, 0.2) is 77.8 Å². The van der Waals surface area contributed by atoms with E-state index in [-0.39, 0.29) is 5.82 Å². The van der Waals surface area contributed by atoms with E-state index in [1.807, 2.05) is 42.5 Å². The number of rotatable bonds is 6. The van der Waals surface area contributed by atoms with E-state index < -0.39 is 0 Å². The predicted molar refractivity (Wildman–Crippen MR) is 113 cm³/mol. The van der Waals surface area contributed by atoms with Gasteiger partial charge in [0.1, 0.15) is 22.3 Å². The number of benzene rings is 3. The maximum Gasteiger partial charge on any atom is 0.137 e. The van der Waals surface area contributed by atoms with Crippen molar-refractivity contribution in [3.63, 3.8) is 0 Å². The van der Waals surface area contributed by atoms with Crippen LogP contribution in [-0.4, -0.2) is 22.6 Å². The summed E-state index contributed by atoms with van der Waals surface area (Å²) < 4.78 is 19.0. The number of fused-ring (bicyclic) bond motifs is 1. The fourth-order valence-electron chi connectivity index (χ4n) is 2.86. The van der Waals surface area contributed by atoms with Gasteiger partial charge in [-0.15, -0.1) is 22.0 Å². The zero-order valence-electron chi connectivity index (χ0n) is 14.8. The molecule has 0 aliphatic heterocycles. The van der Waals surface area contributed by atoms with Gasteiger partial charge in [0.2, 0.25) is 0 Å². The molecule has 0 amide bonds. The Hall–Kier alpha value is -2.63. The van der Waals surface area contributed by atoms with E-state index in [1.165, 1.54) is 12.1 Å². The Morgan fingerprint density at radius 1 is 0.857 bits per heavy atom. The second-order valence-electron chi connectivity index (χ2n) is 6.03. The van der Waals surface area contributed by atoms with Crippen molar-refractivity contribution in [2.24, 2.45) is 0 Å². The standard InChI is InChI=1S/C22H16ClFN2OS/c23-19-7-3-4-8-20(19)27-13-14-28-22-18-6-2-1-5-17(18)21(25-26-22)15-9-11-16(24)12-10-15/h1-12H,13-14H2. The Balaban J connectivity index is 1.53. The molecule has 0 radical (unpaired) electrons. The molecule has 0 saturated carbocycles. The third kappa shape index (κ3) is 4.11. The minimum Gasteiger partial charge on any atom is -0.491 e. The van der Waals surface area contributed by atoms with Crippen LogP contribution in [0.5, 0.6) is 5.75 Å². The van der Waals surface area contributed by atoms with E-state index in [1.54, 1.807) is 30.0 Å². The SMILES string of the molecule is Fc1ccc(-c2nnc(SCCOc3ccccc3Cl)c3ccccc23)cc1. The van der Waals surface area contributed by atoms with Gasteiger partial charge in [0.15, 0.2) is 0 Å². The third-order valence-corrected chi connectivity index (χ3v) is 5.45. The molecule has 3 aromatic carbocycles. The average molecular weight is 411 g/mol. The summed E-state index contributed by atoms with van der Waals surface area (Å²) in [6.45, 7) is 0.504. The summed E-state index contributed by atoms with van der Waals surface area (Å²) in [6.07, 6.45) is 0. The first-order valence-corrected chi connectivity index (χ1v) is 10.1. The number of thioether (sulfide) groups is 1. The van der Waals surface area contributed by atoms with Crippen LogP contribution < -0.4 is 4.74 Å². The fourth-order valence-corrected chi connectivity index (χ4v) is 3.84. The molecule has 0 bridgehead atoms. The number of nitrogens with zero attached hydrogens (tertiary/aromatic N) is 2. The highest BCUT2D eigenvalue weighted by molar-refractivity contribution is 7.99. The van der Waals surface area contributed by atoms with E-state index in [0.717, 1.165) is 27.1 Å². The molecule has 3 nitrogen and oxygen atoms in total. The molecule has 0 saturated heterocycles. The molecular formula is C22H16ClFN2OS. The smallest absolute Gasteiger partial charge is 0.137 e. The van der Waals surface area contributed by atoms with E-state index in [4.69, 9.17) is 16.3 Å². The summed E-state index contributed by atoms with van der Waals surface area (Å²) in [6, 6.07) is 21.7. The van der Waals surface area contributed by atoms with E-state index >= 15 is 0 Å². The lowest BCUT2D eigenvalue weighted by Gasteiger charge is -2.10. The summed E-state index contributed by atoms with van der Waals surface area (Å²) in [7, 11) is 0. The largest absolute Gasteiger partial charge is 0.491 e. The molecule has 4 rings (SSSR count). The Bertz CT molecular complexity index is 1110. The van der Waals surface area contributed by atoms with Crippen molar-refractivity contribution in [2.45, 2.75) is 5.03 Å². The molecule has 0 aliphatic rings. The molecule has 0 atom stereocenters. The molecule has 0 fully saturated rings. The topological polar surface area (TPSA) is 35.0 Å². The van der Waals surface area contributed by atoms with Crippen molar-refractivity contribution >= 4 is 34.1 Å². The molecular weight excluding hydrogens is 395 g/mol. The quantitative estimate of drug-likeness (QED) is 0.277. The van der Waals surface area contributed by atoms with E-state index in [0.29, 0.717) is 23.1 Å². The average Bonchev–Trinajstić information content (AvgIpc) is 2.73. The van der Waals surface area contributed by atoms with Gasteiger partial charge in [-0.05, 0) is 36.4 Å². The maximum absolute atomic E-state index is 13.2. The van der Waals surface area contributed by atoms with Crippen LogP contribution in [0.3, 0.4) is 0 Å². The van der Waals surface area contributed by atoms with Crippen LogP contribution in [0.1, 0.15) is 0 Å². The first kappa shape index (κ1) is 18.7. The van der Waals surface area contributed by atoms with Gasteiger partial charge < -0.3 is 4.74 Å². The summed E-state index contributed by atoms with van der Waals surface area (Å²) in [5.74, 6) is 1.11. The van der Waals surface area contributed by atoms with Crippen LogP contribution in [-0.2, 0) is 0 Å². The zero-order chi connectivity index (χ0) is 19.3. The molecule has 4 aromatic rings. The summed E-state index contributed by atoms with van der Waals surface area (Å²) in [5, 5.41) is 12.2. The van der Waals surface area contributed by atoms with Crippen LogP contribution in [0.2, 0.25) is 5.02 Å². The van der Waals surface area contributed by atoms with Crippen LogP contribution >= 0.6 is 23.4 Å². The van der Waals surface area contributed by atoms with Gasteiger partial charge in [-0.25, -0.2) is 4.39 Å².